The molecule has 2 aliphatic rings. The largest absolute Gasteiger partial charge is 0.454 e. The normalized spacial score (nSPS) is 15.4. The van der Waals surface area contributed by atoms with Crippen LogP contribution in [0.5, 0.6) is 23.0 Å². The molecule has 4 rings (SSSR count). The van der Waals surface area contributed by atoms with Crippen molar-refractivity contribution in [1.29, 1.82) is 0 Å². The highest BCUT2D eigenvalue weighted by molar-refractivity contribution is 6.95. The Balaban J connectivity index is 0.000000230. The topological polar surface area (TPSA) is 73.8 Å². The number of para-hydroxylation sites is 1. The summed E-state index contributed by atoms with van der Waals surface area (Å²) in [5, 5.41) is 2.18. The van der Waals surface area contributed by atoms with Crippen molar-refractivity contribution in [3.05, 3.63) is 36.4 Å². The lowest BCUT2D eigenvalue weighted by Gasteiger charge is -2.38. The Bertz CT molecular complexity index is 1200. The van der Waals surface area contributed by atoms with Gasteiger partial charge in [-0.3, -0.25) is 0 Å². The molecule has 0 N–H and O–H groups in total. The predicted octanol–water partition coefficient (Wildman–Crippen LogP) is 6.79. The van der Waals surface area contributed by atoms with E-state index in [0.717, 1.165) is 33.4 Å². The molecule has 0 aliphatic carbocycles. The van der Waals surface area contributed by atoms with Gasteiger partial charge in [0.1, 0.15) is 0 Å². The molecule has 0 unspecified atom stereocenters. The van der Waals surface area contributed by atoms with Crippen molar-refractivity contribution >= 4 is 60.8 Å². The summed E-state index contributed by atoms with van der Waals surface area (Å²) < 4.78 is 48.3. The van der Waals surface area contributed by atoms with Crippen LogP contribution in [0, 0.1) is 0 Å². The van der Waals surface area contributed by atoms with Crippen molar-refractivity contribution in [2.45, 2.75) is 91.7 Å². The molecule has 236 valence electrons. The molecule has 8 nitrogen and oxygen atoms in total. The third-order valence-corrected chi connectivity index (χ3v) is 24.5. The molecule has 0 saturated heterocycles. The Kier molecular flexibility index (Phi) is 10.6. The molecule has 14 heteroatoms. The maximum Gasteiger partial charge on any atom is 0.352 e. The van der Waals surface area contributed by atoms with E-state index >= 15 is 0 Å². The highest BCUT2D eigenvalue weighted by atomic mass is 28.5. The van der Waals surface area contributed by atoms with E-state index in [-0.39, 0.29) is 6.79 Å². The van der Waals surface area contributed by atoms with Crippen LogP contribution in [-0.4, -0.2) is 64.0 Å². The highest BCUT2D eigenvalue weighted by Crippen LogP contribution is 2.34. The number of hydrogen-bond donors (Lipinski definition) is 0. The van der Waals surface area contributed by atoms with Crippen LogP contribution < -0.4 is 29.3 Å². The molecule has 2 aromatic rings. The van der Waals surface area contributed by atoms with Gasteiger partial charge in [-0.15, -0.1) is 0 Å². The standard InChI is InChI=1S/2C14H26O4Si3/c1-19(2,3)17-21(7,18-20(4,5)6)12-8-9-13-14(10-12)16-11-15-13;1-19(2,3)17-21(7,18-20(4,5)6)13-10-8-9-12-14(13)16-11-15-12/h2*8-10H,11H2,1-7H3. The molecular formula is C28H52O8Si6. The minimum atomic E-state index is -2.53. The third kappa shape index (κ3) is 10.2. The molecule has 42 heavy (non-hydrogen) atoms. The van der Waals surface area contributed by atoms with Crippen LogP contribution in [0.25, 0.3) is 0 Å². The zero-order valence-corrected chi connectivity index (χ0v) is 34.1. The molecule has 0 bridgehead atoms. The number of rotatable bonds is 10. The first kappa shape index (κ1) is 35.3. The molecule has 0 saturated carbocycles. The van der Waals surface area contributed by atoms with Gasteiger partial charge in [-0.25, -0.2) is 0 Å². The summed E-state index contributed by atoms with van der Waals surface area (Å²) in [6, 6.07) is 12.1. The molecule has 0 amide bonds. The Labute approximate surface area is 260 Å². The van der Waals surface area contributed by atoms with Crippen LogP contribution in [0.1, 0.15) is 0 Å². The number of hydrogen-bond acceptors (Lipinski definition) is 8. The van der Waals surface area contributed by atoms with Gasteiger partial charge in [-0.1, -0.05) is 18.2 Å². The average molecular weight is 685 g/mol. The fraction of sp³-hybridized carbons (Fsp3) is 0.571. The smallest absolute Gasteiger partial charge is 0.352 e. The van der Waals surface area contributed by atoms with E-state index in [1.165, 1.54) is 0 Å². The Morgan fingerprint density at radius 1 is 0.476 bits per heavy atom. The molecular weight excluding hydrogens is 633 g/mol. The lowest BCUT2D eigenvalue weighted by Crippen LogP contribution is -2.60. The van der Waals surface area contributed by atoms with Crippen LogP contribution in [0.15, 0.2) is 36.4 Å². The Morgan fingerprint density at radius 3 is 1.45 bits per heavy atom. The van der Waals surface area contributed by atoms with E-state index in [9.17, 15) is 0 Å². The average Bonchev–Trinajstić information content (AvgIpc) is 3.42. The van der Waals surface area contributed by atoms with Gasteiger partial charge in [0.25, 0.3) is 0 Å². The first-order valence-electron chi connectivity index (χ1n) is 14.6. The summed E-state index contributed by atoms with van der Waals surface area (Å²) in [6.45, 7) is 31.3. The van der Waals surface area contributed by atoms with E-state index in [2.05, 4.69) is 104 Å². The second kappa shape index (κ2) is 12.6. The Hall–Kier alpha value is -1.22. The molecule has 0 radical (unpaired) electrons. The Morgan fingerprint density at radius 2 is 0.929 bits per heavy atom. The monoisotopic (exact) mass is 684 g/mol. The zero-order valence-electron chi connectivity index (χ0n) is 28.1. The van der Waals surface area contributed by atoms with Gasteiger partial charge in [0.05, 0.1) is 0 Å². The molecule has 2 heterocycles. The summed E-state index contributed by atoms with van der Waals surface area (Å²) >= 11 is 0. The van der Waals surface area contributed by atoms with Crippen molar-refractivity contribution in [3.8, 4) is 23.0 Å². The zero-order chi connectivity index (χ0) is 31.8. The van der Waals surface area contributed by atoms with Crippen molar-refractivity contribution in [2.24, 2.45) is 0 Å². The molecule has 0 aromatic heterocycles. The van der Waals surface area contributed by atoms with Crippen LogP contribution in [0.4, 0.5) is 0 Å². The van der Waals surface area contributed by atoms with Crippen LogP contribution in [-0.2, 0) is 16.5 Å². The van der Waals surface area contributed by atoms with Crippen molar-refractivity contribution < 1.29 is 35.4 Å². The number of ether oxygens (including phenoxy) is 4. The number of fused-ring (bicyclic) bond motifs is 2. The first-order chi connectivity index (χ1) is 19.0. The quantitative estimate of drug-likeness (QED) is 0.253. The summed E-state index contributed by atoms with van der Waals surface area (Å²) in [5.41, 5.74) is 0. The maximum atomic E-state index is 6.57. The molecule has 2 aromatic carbocycles. The fourth-order valence-corrected chi connectivity index (χ4v) is 28.5. The van der Waals surface area contributed by atoms with Gasteiger partial charge in [0, 0.05) is 5.19 Å². The summed E-state index contributed by atoms with van der Waals surface area (Å²) in [7, 11) is -11.9. The van der Waals surface area contributed by atoms with Crippen molar-refractivity contribution in [3.63, 3.8) is 0 Å². The van der Waals surface area contributed by atoms with Gasteiger partial charge < -0.3 is 35.4 Å². The summed E-state index contributed by atoms with van der Waals surface area (Å²) in [6.07, 6.45) is 0. The lowest BCUT2D eigenvalue weighted by molar-refractivity contribution is 0.174. The summed E-state index contributed by atoms with van der Waals surface area (Å²) in [5.74, 6) is 3.20. The van der Waals surface area contributed by atoms with Crippen molar-refractivity contribution in [1.82, 2.24) is 0 Å². The second-order valence-electron chi connectivity index (χ2n) is 14.9. The highest BCUT2D eigenvalue weighted by Gasteiger charge is 2.46. The van der Waals surface area contributed by atoms with E-state index in [1.807, 2.05) is 24.3 Å². The lowest BCUT2D eigenvalue weighted by atomic mass is 10.3. The fourth-order valence-electron chi connectivity index (χ4n) is 5.07. The van der Waals surface area contributed by atoms with E-state index in [4.69, 9.17) is 35.4 Å². The van der Waals surface area contributed by atoms with E-state index in [1.54, 1.807) is 0 Å². The maximum absolute atomic E-state index is 6.57. The SMILES string of the molecule is C[Si](C)(C)O[Si](C)(O[Si](C)(C)C)c1ccc2c(c1)OCO2.C[Si](C)(C)O[Si](C)(O[Si](C)(C)C)c1cccc2c1OCO2. The number of benzene rings is 2. The third-order valence-electron chi connectivity index (χ3n) is 5.79. The van der Waals surface area contributed by atoms with Gasteiger partial charge in [-0.05, 0) is 115 Å². The summed E-state index contributed by atoms with van der Waals surface area (Å²) in [4.78, 5) is 0. The van der Waals surface area contributed by atoms with Gasteiger partial charge >= 0.3 is 17.1 Å². The minimum Gasteiger partial charge on any atom is -0.454 e. The van der Waals surface area contributed by atoms with Crippen LogP contribution in [0.3, 0.4) is 0 Å². The molecule has 2 aliphatic heterocycles. The van der Waals surface area contributed by atoms with E-state index < -0.39 is 50.4 Å². The van der Waals surface area contributed by atoms with E-state index in [0.29, 0.717) is 6.79 Å². The van der Waals surface area contributed by atoms with Gasteiger partial charge in [0.2, 0.25) is 13.6 Å². The van der Waals surface area contributed by atoms with Crippen molar-refractivity contribution in [2.75, 3.05) is 13.6 Å². The van der Waals surface area contributed by atoms with Crippen LogP contribution in [0.2, 0.25) is 91.7 Å². The minimum absolute atomic E-state index is 0.275. The molecule has 0 atom stereocenters. The predicted molar refractivity (Wildman–Crippen MR) is 185 cm³/mol. The molecule has 0 fully saturated rings. The van der Waals surface area contributed by atoms with Gasteiger partial charge in [0.15, 0.2) is 56.3 Å². The first-order valence-corrected chi connectivity index (χ1v) is 32.9. The van der Waals surface area contributed by atoms with Gasteiger partial charge in [-0.2, -0.15) is 0 Å². The van der Waals surface area contributed by atoms with Crippen LogP contribution >= 0.6 is 0 Å². The second-order valence-corrected chi connectivity index (χ2v) is 39.9. The molecule has 0 spiro atoms.